The number of nitrogens with one attached hydrogen (secondary N) is 1. The monoisotopic (exact) mass is 201 g/mol. The van der Waals surface area contributed by atoms with Crippen molar-refractivity contribution in [2.24, 2.45) is 11.8 Å². The first kappa shape index (κ1) is 9.41. The lowest BCUT2D eigenvalue weighted by molar-refractivity contribution is 0.494. The maximum atomic E-state index is 3.51. The Labute approximate surface area is 91.9 Å². The second kappa shape index (κ2) is 3.64. The predicted octanol–water partition coefficient (Wildman–Crippen LogP) is 2.71. The fourth-order valence-corrected chi connectivity index (χ4v) is 3.28. The highest BCUT2D eigenvalue weighted by atomic mass is 14.9. The molecular weight excluding hydrogens is 182 g/mol. The van der Waals surface area contributed by atoms with Crippen LogP contribution in [-0.4, -0.2) is 13.1 Å². The summed E-state index contributed by atoms with van der Waals surface area (Å²) in [5.74, 6) is 2.75. The average Bonchev–Trinajstić information content (AvgIpc) is 2.78. The van der Waals surface area contributed by atoms with Gasteiger partial charge in [-0.1, -0.05) is 29.8 Å². The van der Waals surface area contributed by atoms with Gasteiger partial charge in [-0.15, -0.1) is 0 Å². The second-order valence-electron chi connectivity index (χ2n) is 5.26. The first-order valence-electron chi connectivity index (χ1n) is 6.10. The van der Waals surface area contributed by atoms with E-state index in [-0.39, 0.29) is 0 Å². The molecule has 3 rings (SSSR count). The standard InChI is InChI=1S/C14H19N/c1-10-2-4-11(5-3-10)12-6-13-8-15-9-14(13)7-12/h2-5,12-15H,6-9H2,1H3. The summed E-state index contributed by atoms with van der Waals surface area (Å²) < 4.78 is 0. The largest absolute Gasteiger partial charge is 0.316 e. The van der Waals surface area contributed by atoms with Crippen LogP contribution in [0.15, 0.2) is 24.3 Å². The molecule has 0 radical (unpaired) electrons. The van der Waals surface area contributed by atoms with E-state index in [2.05, 4.69) is 36.5 Å². The Morgan fingerprint density at radius 3 is 2.20 bits per heavy atom. The normalized spacial score (nSPS) is 34.3. The van der Waals surface area contributed by atoms with E-state index in [0.29, 0.717) is 0 Å². The summed E-state index contributed by atoms with van der Waals surface area (Å²) in [5, 5.41) is 3.51. The van der Waals surface area contributed by atoms with Gasteiger partial charge in [0.15, 0.2) is 0 Å². The van der Waals surface area contributed by atoms with Crippen molar-refractivity contribution in [1.82, 2.24) is 5.32 Å². The van der Waals surface area contributed by atoms with Crippen LogP contribution >= 0.6 is 0 Å². The lowest BCUT2D eigenvalue weighted by atomic mass is 9.95. The summed E-state index contributed by atoms with van der Waals surface area (Å²) in [6.07, 6.45) is 2.81. The van der Waals surface area contributed by atoms with Crippen molar-refractivity contribution >= 4 is 0 Å². The molecule has 2 aliphatic rings. The third kappa shape index (κ3) is 1.69. The van der Waals surface area contributed by atoms with Crippen molar-refractivity contribution in [2.75, 3.05) is 13.1 Å². The quantitative estimate of drug-likeness (QED) is 0.736. The number of fused-ring (bicyclic) bond motifs is 1. The molecule has 2 unspecified atom stereocenters. The van der Waals surface area contributed by atoms with E-state index >= 15 is 0 Å². The highest BCUT2D eigenvalue weighted by Gasteiger charge is 2.37. The molecule has 1 nitrogen and oxygen atoms in total. The maximum absolute atomic E-state index is 3.51. The van der Waals surface area contributed by atoms with E-state index in [0.717, 1.165) is 17.8 Å². The van der Waals surface area contributed by atoms with Crippen LogP contribution in [0, 0.1) is 18.8 Å². The molecule has 1 aliphatic carbocycles. The fourth-order valence-electron chi connectivity index (χ4n) is 3.28. The van der Waals surface area contributed by atoms with E-state index in [1.165, 1.54) is 31.5 Å². The van der Waals surface area contributed by atoms with Gasteiger partial charge in [-0.3, -0.25) is 0 Å². The molecule has 0 amide bonds. The van der Waals surface area contributed by atoms with Crippen LogP contribution in [0.3, 0.4) is 0 Å². The smallest absolute Gasteiger partial charge is 0.00171 e. The first-order chi connectivity index (χ1) is 7.33. The fraction of sp³-hybridized carbons (Fsp3) is 0.571. The Hall–Kier alpha value is -0.820. The maximum Gasteiger partial charge on any atom is -0.00171 e. The van der Waals surface area contributed by atoms with Crippen LogP contribution in [0.1, 0.15) is 29.9 Å². The minimum Gasteiger partial charge on any atom is -0.316 e. The molecule has 1 heteroatoms. The minimum atomic E-state index is 0.836. The number of rotatable bonds is 1. The summed E-state index contributed by atoms with van der Waals surface area (Å²) >= 11 is 0. The van der Waals surface area contributed by atoms with Crippen LogP contribution < -0.4 is 5.32 Å². The molecule has 1 saturated carbocycles. The number of aryl methyl sites for hydroxylation is 1. The van der Waals surface area contributed by atoms with Crippen molar-refractivity contribution in [2.45, 2.75) is 25.7 Å². The Kier molecular flexibility index (Phi) is 2.28. The van der Waals surface area contributed by atoms with Gasteiger partial charge in [-0.2, -0.15) is 0 Å². The zero-order valence-corrected chi connectivity index (χ0v) is 9.37. The molecule has 2 fully saturated rings. The Morgan fingerprint density at radius 2 is 1.60 bits per heavy atom. The van der Waals surface area contributed by atoms with Crippen LogP contribution in [0.25, 0.3) is 0 Å². The molecule has 0 spiro atoms. The lowest BCUT2D eigenvalue weighted by Crippen LogP contribution is -2.11. The number of hydrogen-bond acceptors (Lipinski definition) is 1. The molecular formula is C14H19N. The summed E-state index contributed by atoms with van der Waals surface area (Å²) in [6.45, 7) is 4.68. The van der Waals surface area contributed by atoms with Crippen molar-refractivity contribution in [3.05, 3.63) is 35.4 Å². The van der Waals surface area contributed by atoms with Gasteiger partial charge in [0.25, 0.3) is 0 Å². The molecule has 1 aromatic rings. The predicted molar refractivity (Wildman–Crippen MR) is 63.0 cm³/mol. The number of benzene rings is 1. The molecule has 1 heterocycles. The summed E-state index contributed by atoms with van der Waals surface area (Å²) in [4.78, 5) is 0. The van der Waals surface area contributed by atoms with Crippen molar-refractivity contribution in [1.29, 1.82) is 0 Å². The van der Waals surface area contributed by atoms with E-state index in [4.69, 9.17) is 0 Å². The van der Waals surface area contributed by atoms with Crippen molar-refractivity contribution in [3.8, 4) is 0 Å². The second-order valence-corrected chi connectivity index (χ2v) is 5.26. The molecule has 1 saturated heterocycles. The van der Waals surface area contributed by atoms with Gasteiger partial charge >= 0.3 is 0 Å². The molecule has 15 heavy (non-hydrogen) atoms. The third-order valence-corrected chi connectivity index (χ3v) is 4.20. The average molecular weight is 201 g/mol. The van der Waals surface area contributed by atoms with Gasteiger partial charge in [-0.25, -0.2) is 0 Å². The minimum absolute atomic E-state index is 0.836. The van der Waals surface area contributed by atoms with Gasteiger partial charge in [-0.05, 0) is 56.2 Å². The number of hydrogen-bond donors (Lipinski definition) is 1. The summed E-state index contributed by atoms with van der Waals surface area (Å²) in [6, 6.07) is 9.16. The van der Waals surface area contributed by atoms with E-state index < -0.39 is 0 Å². The first-order valence-corrected chi connectivity index (χ1v) is 6.10. The van der Waals surface area contributed by atoms with Gasteiger partial charge in [0, 0.05) is 0 Å². The molecule has 80 valence electrons. The highest BCUT2D eigenvalue weighted by molar-refractivity contribution is 5.25. The van der Waals surface area contributed by atoms with E-state index in [1.807, 2.05) is 0 Å². The van der Waals surface area contributed by atoms with E-state index in [9.17, 15) is 0 Å². The lowest BCUT2D eigenvalue weighted by Gasteiger charge is -2.11. The highest BCUT2D eigenvalue weighted by Crippen LogP contribution is 2.43. The van der Waals surface area contributed by atoms with Crippen molar-refractivity contribution in [3.63, 3.8) is 0 Å². The van der Waals surface area contributed by atoms with Gasteiger partial charge in [0.1, 0.15) is 0 Å². The zero-order chi connectivity index (χ0) is 10.3. The molecule has 1 aromatic carbocycles. The summed E-state index contributed by atoms with van der Waals surface area (Å²) in [5.41, 5.74) is 2.94. The van der Waals surface area contributed by atoms with Crippen molar-refractivity contribution < 1.29 is 0 Å². The van der Waals surface area contributed by atoms with Gasteiger partial charge in [0.05, 0.1) is 0 Å². The Morgan fingerprint density at radius 1 is 1.00 bits per heavy atom. The summed E-state index contributed by atoms with van der Waals surface area (Å²) in [7, 11) is 0. The van der Waals surface area contributed by atoms with Crippen LogP contribution in [0.4, 0.5) is 0 Å². The third-order valence-electron chi connectivity index (χ3n) is 4.20. The Balaban J connectivity index is 1.76. The SMILES string of the molecule is Cc1ccc(C2CC3CNCC3C2)cc1. The molecule has 1 aliphatic heterocycles. The van der Waals surface area contributed by atoms with Crippen LogP contribution in [0.2, 0.25) is 0 Å². The molecule has 0 bridgehead atoms. The van der Waals surface area contributed by atoms with Crippen LogP contribution in [0.5, 0.6) is 0 Å². The molecule has 0 aromatic heterocycles. The topological polar surface area (TPSA) is 12.0 Å². The van der Waals surface area contributed by atoms with Crippen LogP contribution in [-0.2, 0) is 0 Å². The molecule has 1 N–H and O–H groups in total. The van der Waals surface area contributed by atoms with Gasteiger partial charge < -0.3 is 5.32 Å². The molecule has 2 atom stereocenters. The Bertz CT molecular complexity index is 329. The van der Waals surface area contributed by atoms with E-state index in [1.54, 1.807) is 5.56 Å². The van der Waals surface area contributed by atoms with Gasteiger partial charge in [0.2, 0.25) is 0 Å². The zero-order valence-electron chi connectivity index (χ0n) is 9.37.